The quantitative estimate of drug-likeness (QED) is 0.429. The average molecular weight is 454 g/mol. The molecular formula is C29H44FN3. The second kappa shape index (κ2) is 15.4. The molecule has 1 aromatic carbocycles. The molecule has 0 radical (unpaired) electrons. The molecule has 2 aromatic rings. The van der Waals surface area contributed by atoms with Gasteiger partial charge >= 0.3 is 0 Å². The Hall–Kier alpha value is -2.49. The largest absolute Gasteiger partial charge is 0.398 e. The van der Waals surface area contributed by atoms with Crippen molar-refractivity contribution in [2.24, 2.45) is 16.6 Å². The lowest BCUT2D eigenvalue weighted by molar-refractivity contribution is 0.373. The number of unbranched alkanes of at least 4 members (excludes halogenated alkanes) is 3. The summed E-state index contributed by atoms with van der Waals surface area (Å²) in [5.74, 6) is 0.904. The highest BCUT2D eigenvalue weighted by Crippen LogP contribution is 2.28. The van der Waals surface area contributed by atoms with Crippen LogP contribution in [0.15, 0.2) is 47.7 Å². The summed E-state index contributed by atoms with van der Waals surface area (Å²) in [7, 11) is 0. The van der Waals surface area contributed by atoms with Crippen molar-refractivity contribution in [1.29, 1.82) is 0 Å². The fraction of sp³-hybridized carbons (Fsp3) is 0.517. The van der Waals surface area contributed by atoms with Gasteiger partial charge in [0, 0.05) is 34.8 Å². The number of halogens is 1. The molecule has 0 fully saturated rings. The Labute approximate surface area is 201 Å². The van der Waals surface area contributed by atoms with Crippen molar-refractivity contribution in [2.75, 3.05) is 6.54 Å². The molecule has 33 heavy (non-hydrogen) atoms. The van der Waals surface area contributed by atoms with E-state index in [1.165, 1.54) is 32.1 Å². The number of hydrogen-bond donors (Lipinski definition) is 1. The zero-order valence-electron chi connectivity index (χ0n) is 21.8. The lowest BCUT2D eigenvalue weighted by Crippen LogP contribution is -2.11. The van der Waals surface area contributed by atoms with Gasteiger partial charge in [0.25, 0.3) is 0 Å². The molecule has 0 amide bonds. The Morgan fingerprint density at radius 3 is 2.36 bits per heavy atom. The van der Waals surface area contributed by atoms with Crippen LogP contribution in [-0.2, 0) is 0 Å². The van der Waals surface area contributed by atoms with Gasteiger partial charge in [0.1, 0.15) is 6.17 Å². The van der Waals surface area contributed by atoms with Crippen LogP contribution < -0.4 is 5.73 Å². The molecule has 182 valence electrons. The summed E-state index contributed by atoms with van der Waals surface area (Å²) in [6.45, 7) is 14.8. The van der Waals surface area contributed by atoms with Crippen molar-refractivity contribution in [1.82, 2.24) is 4.98 Å². The molecule has 0 spiro atoms. The van der Waals surface area contributed by atoms with Gasteiger partial charge in [-0.2, -0.15) is 0 Å². The van der Waals surface area contributed by atoms with Crippen LogP contribution in [0.1, 0.15) is 108 Å². The van der Waals surface area contributed by atoms with E-state index in [-0.39, 0.29) is 0 Å². The van der Waals surface area contributed by atoms with Crippen molar-refractivity contribution >= 4 is 11.4 Å². The van der Waals surface area contributed by atoms with Gasteiger partial charge in [-0.3, -0.25) is 9.98 Å². The Morgan fingerprint density at radius 1 is 1.00 bits per heavy atom. The van der Waals surface area contributed by atoms with Crippen molar-refractivity contribution in [3.8, 4) is 0 Å². The number of hydrogen-bond acceptors (Lipinski definition) is 3. The van der Waals surface area contributed by atoms with Gasteiger partial charge in [0.2, 0.25) is 0 Å². The minimum Gasteiger partial charge on any atom is -0.398 e. The van der Waals surface area contributed by atoms with Crippen molar-refractivity contribution in [2.45, 2.75) is 86.7 Å². The predicted octanol–water partition coefficient (Wildman–Crippen LogP) is 8.21. The molecule has 2 heterocycles. The van der Waals surface area contributed by atoms with Gasteiger partial charge < -0.3 is 5.73 Å². The molecule has 4 heteroatoms. The van der Waals surface area contributed by atoms with E-state index in [0.29, 0.717) is 17.8 Å². The van der Waals surface area contributed by atoms with Gasteiger partial charge in [0.05, 0.1) is 12.3 Å². The van der Waals surface area contributed by atoms with Crippen molar-refractivity contribution in [3.63, 3.8) is 0 Å². The molecule has 1 aromatic heterocycles. The van der Waals surface area contributed by atoms with Gasteiger partial charge in [-0.25, -0.2) is 4.39 Å². The number of rotatable bonds is 7. The minimum absolute atomic E-state index is 0.476. The summed E-state index contributed by atoms with van der Waals surface area (Å²) in [6.07, 6.45) is 11.3. The molecular weight excluding hydrogens is 409 g/mol. The molecule has 1 atom stereocenters. The van der Waals surface area contributed by atoms with E-state index in [4.69, 9.17) is 5.73 Å². The summed E-state index contributed by atoms with van der Waals surface area (Å²) >= 11 is 0. The highest BCUT2D eigenvalue weighted by Gasteiger charge is 2.20. The minimum atomic E-state index is -1.06. The number of nitrogens with two attached hydrogens (primary N) is 1. The third kappa shape index (κ3) is 9.11. The van der Waals surface area contributed by atoms with E-state index >= 15 is 0 Å². The molecule has 0 bridgehead atoms. The fourth-order valence-electron chi connectivity index (χ4n) is 3.70. The number of aliphatic imine (C=N–C) groups is 1. The molecule has 1 aliphatic rings. The van der Waals surface area contributed by atoms with E-state index in [2.05, 4.69) is 30.7 Å². The van der Waals surface area contributed by atoms with Crippen LogP contribution >= 0.6 is 0 Å². The van der Waals surface area contributed by atoms with Crippen LogP contribution in [-0.4, -0.2) is 17.2 Å². The van der Waals surface area contributed by atoms with Crippen LogP contribution in [0, 0.1) is 12.8 Å². The fourth-order valence-corrected chi connectivity index (χ4v) is 3.70. The number of alkyl halides is 1. The van der Waals surface area contributed by atoms with E-state index in [1.54, 1.807) is 19.3 Å². The number of fused-ring (bicyclic) bond motifs is 1. The van der Waals surface area contributed by atoms with Crippen molar-refractivity contribution in [3.05, 3.63) is 70.6 Å². The Kier molecular flexibility index (Phi) is 13.3. The molecule has 1 unspecified atom stereocenters. The monoisotopic (exact) mass is 453 g/mol. The first-order valence-corrected chi connectivity index (χ1v) is 12.5. The van der Waals surface area contributed by atoms with Crippen LogP contribution in [0.25, 0.3) is 5.70 Å². The van der Waals surface area contributed by atoms with E-state index < -0.39 is 6.17 Å². The Bertz CT molecular complexity index is 897. The van der Waals surface area contributed by atoms with Crippen LogP contribution in [0.3, 0.4) is 0 Å². The third-order valence-electron chi connectivity index (χ3n) is 5.47. The number of nitrogens with zero attached hydrogens (tertiary/aromatic N) is 2. The second-order valence-corrected chi connectivity index (χ2v) is 8.72. The lowest BCUT2D eigenvalue weighted by atomic mass is 9.92. The number of aryl methyl sites for hydroxylation is 1. The van der Waals surface area contributed by atoms with E-state index in [0.717, 1.165) is 33.9 Å². The summed E-state index contributed by atoms with van der Waals surface area (Å²) in [6, 6.07) is 7.68. The van der Waals surface area contributed by atoms with Crippen molar-refractivity contribution < 1.29 is 4.39 Å². The maximum atomic E-state index is 14.1. The normalized spacial score (nSPS) is 13.4. The Morgan fingerprint density at radius 2 is 1.73 bits per heavy atom. The zero-order valence-corrected chi connectivity index (χ0v) is 21.8. The first kappa shape index (κ1) is 28.5. The first-order chi connectivity index (χ1) is 15.8. The topological polar surface area (TPSA) is 51.3 Å². The maximum absolute atomic E-state index is 14.1. The molecule has 3 rings (SSSR count). The van der Waals surface area contributed by atoms with Crippen LogP contribution in [0.2, 0.25) is 0 Å². The molecule has 2 N–H and O–H groups in total. The second-order valence-electron chi connectivity index (χ2n) is 8.72. The lowest BCUT2D eigenvalue weighted by Gasteiger charge is -2.15. The predicted molar refractivity (Wildman–Crippen MR) is 143 cm³/mol. The van der Waals surface area contributed by atoms with E-state index in [9.17, 15) is 4.39 Å². The van der Waals surface area contributed by atoms with Gasteiger partial charge in [-0.15, -0.1) is 0 Å². The molecule has 0 saturated heterocycles. The van der Waals surface area contributed by atoms with Gasteiger partial charge in [-0.1, -0.05) is 90.5 Å². The summed E-state index contributed by atoms with van der Waals surface area (Å²) in [4.78, 5) is 8.76. The van der Waals surface area contributed by atoms with E-state index in [1.807, 2.05) is 51.1 Å². The molecule has 0 saturated carbocycles. The van der Waals surface area contributed by atoms with Crippen LogP contribution in [0.5, 0.6) is 0 Å². The highest BCUT2D eigenvalue weighted by molar-refractivity contribution is 6.16. The Balaban J connectivity index is 0.000000420. The van der Waals surface area contributed by atoms with Gasteiger partial charge in [-0.05, 0) is 37.5 Å². The standard InChI is InChI=1S/C18H18FN3.C9H20.C2H6/c1-11-3-4-13(15(9-11)12(2)19)18-14-5-7-21-10-16(14)17(20)6-8-22-18;1-4-5-6-7-8-9(2)3;1-2/h3-7,9-10,12H,8,20H2,1-2H3;9H,4-8H2,1-3H3;1-2H3. The molecule has 1 aliphatic heterocycles. The average Bonchev–Trinajstić information content (AvgIpc) is 2.97. The molecule has 3 nitrogen and oxygen atoms in total. The summed E-state index contributed by atoms with van der Waals surface area (Å²) in [5.41, 5.74) is 11.8. The zero-order chi connectivity index (χ0) is 24.8. The number of benzene rings is 1. The number of pyridine rings is 1. The summed E-state index contributed by atoms with van der Waals surface area (Å²) in [5, 5.41) is 0. The smallest absolute Gasteiger partial charge is 0.123 e. The number of aromatic nitrogens is 1. The first-order valence-electron chi connectivity index (χ1n) is 12.5. The molecule has 0 aliphatic carbocycles. The summed E-state index contributed by atoms with van der Waals surface area (Å²) < 4.78 is 14.1. The maximum Gasteiger partial charge on any atom is 0.123 e. The third-order valence-corrected chi connectivity index (χ3v) is 5.47. The van der Waals surface area contributed by atoms with Gasteiger partial charge in [0.15, 0.2) is 0 Å². The van der Waals surface area contributed by atoms with Crippen LogP contribution in [0.4, 0.5) is 4.39 Å². The SMILES string of the molecule is CC.CCCCCCC(C)C.Cc1ccc(C2=NCC=C(N)c3cnccc32)c(C(C)F)c1. The highest BCUT2D eigenvalue weighted by atomic mass is 19.1.